The Bertz CT molecular complexity index is 2450. The summed E-state index contributed by atoms with van der Waals surface area (Å²) in [5.41, 5.74) is 10.5. The summed E-state index contributed by atoms with van der Waals surface area (Å²) >= 11 is 0. The molecule has 0 bridgehead atoms. The van der Waals surface area contributed by atoms with Crippen molar-refractivity contribution in [2.75, 3.05) is 38.3 Å². The van der Waals surface area contributed by atoms with Crippen molar-refractivity contribution in [2.45, 2.75) is 193 Å². The van der Waals surface area contributed by atoms with Gasteiger partial charge in [-0.15, -0.1) is 0 Å². The maximum absolute atomic E-state index is 16.9. The minimum atomic E-state index is -5.15. The number of hydrogen-bond donors (Lipinski definition) is 4. The number of phosphoric acid groups is 1. The minimum Gasteiger partial charge on any atom is -0.756 e. The highest BCUT2D eigenvalue weighted by molar-refractivity contribution is 7.45. The van der Waals surface area contributed by atoms with Crippen molar-refractivity contribution < 1.29 is 46.6 Å². The van der Waals surface area contributed by atoms with Gasteiger partial charge in [0.05, 0.1) is 37.6 Å². The number of amides is 1. The van der Waals surface area contributed by atoms with E-state index in [0.717, 1.165) is 36.6 Å². The number of methoxy groups -OCH3 is 1. The molecule has 0 spiro atoms. The zero-order chi connectivity index (χ0) is 50.5. The number of fused-ring (bicyclic) bond motifs is 2. The molecule has 392 valence electrons. The number of hydrogen-bond acceptors (Lipinski definition) is 17. The minimum absolute atomic E-state index is 0.0332. The van der Waals surface area contributed by atoms with Crippen LogP contribution in [0, 0.1) is 5.92 Å². The number of nitrogens with one attached hydrogen (secondary N) is 2. The Labute approximate surface area is 407 Å². The number of carbonyl (C=O) groups excluding carboxylic acids is 1. The number of aromatic amines is 2. The number of nitrogen functional groups attached to an aromatic ring is 2. The average Bonchev–Trinajstić information content (AvgIpc) is 4.07. The third-order valence-corrected chi connectivity index (χ3v) is 14.0. The number of anilines is 2. The van der Waals surface area contributed by atoms with Crippen LogP contribution in [0.4, 0.5) is 16.3 Å². The van der Waals surface area contributed by atoms with Gasteiger partial charge in [-0.2, -0.15) is 9.97 Å². The van der Waals surface area contributed by atoms with E-state index in [4.69, 9.17) is 39.5 Å². The number of rotatable bonds is 30. The molecule has 6 rings (SSSR count). The summed E-state index contributed by atoms with van der Waals surface area (Å²) in [5.74, 6) is -1.41. The van der Waals surface area contributed by atoms with Crippen LogP contribution in [-0.4, -0.2) is 119 Å². The molecular weight excluding hydrogens is 933 g/mol. The molecule has 2 aliphatic heterocycles. The highest BCUT2D eigenvalue weighted by Gasteiger charge is 2.51. The predicted octanol–water partition coefficient (Wildman–Crippen LogP) is 5.98. The van der Waals surface area contributed by atoms with Crippen LogP contribution >= 0.6 is 7.82 Å². The molecule has 6 heterocycles. The molecule has 0 saturated carbocycles. The quantitative estimate of drug-likeness (QED) is 0.0345. The molecule has 0 aliphatic carbocycles. The van der Waals surface area contributed by atoms with Crippen molar-refractivity contribution in [3.63, 3.8) is 0 Å². The first-order valence-electron chi connectivity index (χ1n) is 25.0. The van der Waals surface area contributed by atoms with Gasteiger partial charge in [0.1, 0.15) is 18.3 Å². The van der Waals surface area contributed by atoms with Crippen LogP contribution < -0.4 is 27.5 Å². The van der Waals surface area contributed by atoms with Crippen molar-refractivity contribution in [1.82, 2.24) is 43.9 Å². The van der Waals surface area contributed by atoms with Crippen molar-refractivity contribution in [3.8, 4) is 0 Å². The van der Waals surface area contributed by atoms with Crippen LogP contribution in [0.15, 0.2) is 22.2 Å². The SMILES string of the molecule is CCCCCCCCCCCCCCCCCN(C[C@H]1O[C@@H](n2cnc3c(=O)[nH]c(N)nc32)[C@H](F)[C@@H]1OP(=O)([O-])OC(C)C)C(=O)C[C@H]1[C@@H](OC)[C@H](n2cnc3c(=O)[nH]c(N)nc32)O[C@@H]1COC(C)C. The van der Waals surface area contributed by atoms with Crippen molar-refractivity contribution in [3.05, 3.63) is 33.4 Å². The summed E-state index contributed by atoms with van der Waals surface area (Å²) in [4.78, 5) is 76.7. The number of unbranched alkanes of at least 4 members (excludes halogenated alkanes) is 14. The number of nitrogens with zero attached hydrogens (tertiary/aromatic N) is 7. The molecule has 24 heteroatoms. The molecule has 22 nitrogen and oxygen atoms in total. The molecule has 70 heavy (non-hydrogen) atoms. The number of ether oxygens (including phenoxy) is 4. The summed E-state index contributed by atoms with van der Waals surface area (Å²) < 4.78 is 68.4. The standard InChI is InChI=1S/C46H75FN11O11P/c1-7-8-9-10-11-12-13-14-15-16-17-18-19-20-21-22-56(24-31-38(69-70(62,63)68-29(4)5)34(47)43(66-31)57-26-50-35-39(57)52-45(48)54-41(35)60)33(59)23-30-32(25-65-28(2)3)67-44(37(30)64-6)58-27-51-36-40(58)53-46(49)55-42(36)61/h26-32,34,37-38,43-44H,7-25H2,1-6H3,(H,62,63)(H3,48,52,54,60)(H3,49,53,55,61)/p-1/t30-,31-,32-,34-,37-,38-,43-,44-/m1/s1. The number of alkyl halides is 1. The van der Waals surface area contributed by atoms with Crippen molar-refractivity contribution in [2.24, 2.45) is 5.92 Å². The molecule has 0 aromatic carbocycles. The summed E-state index contributed by atoms with van der Waals surface area (Å²) in [6.07, 6.45) is 9.17. The van der Waals surface area contributed by atoms with Crippen LogP contribution in [0.3, 0.4) is 0 Å². The van der Waals surface area contributed by atoms with E-state index in [1.165, 1.54) is 96.4 Å². The lowest BCUT2D eigenvalue weighted by Crippen LogP contribution is -2.45. The van der Waals surface area contributed by atoms with Gasteiger partial charge in [0.2, 0.25) is 17.8 Å². The number of phosphoric ester groups is 1. The van der Waals surface area contributed by atoms with Gasteiger partial charge in [0.15, 0.2) is 41.0 Å². The Morgan fingerprint density at radius 1 is 0.800 bits per heavy atom. The third kappa shape index (κ3) is 14.4. The van der Waals surface area contributed by atoms with Crippen LogP contribution in [0.25, 0.3) is 22.3 Å². The second-order valence-electron chi connectivity index (χ2n) is 19.0. The topological polar surface area (TPSA) is 295 Å². The highest BCUT2D eigenvalue weighted by Crippen LogP contribution is 2.47. The number of aromatic nitrogens is 8. The van der Waals surface area contributed by atoms with Gasteiger partial charge in [-0.1, -0.05) is 96.8 Å². The fourth-order valence-electron chi connectivity index (χ4n) is 9.41. The molecule has 4 aromatic heterocycles. The predicted molar refractivity (Wildman–Crippen MR) is 258 cm³/mol. The summed E-state index contributed by atoms with van der Waals surface area (Å²) in [5, 5.41) is 0. The number of halogens is 1. The highest BCUT2D eigenvalue weighted by atomic mass is 31.2. The van der Waals surface area contributed by atoms with Gasteiger partial charge in [-0.05, 0) is 34.1 Å². The van der Waals surface area contributed by atoms with Gasteiger partial charge in [-0.25, -0.2) is 14.4 Å². The smallest absolute Gasteiger partial charge is 0.280 e. The number of imidazole rings is 2. The normalized spacial score (nSPS) is 23.6. The van der Waals surface area contributed by atoms with E-state index in [2.05, 4.69) is 36.8 Å². The van der Waals surface area contributed by atoms with E-state index in [1.54, 1.807) is 4.57 Å². The van der Waals surface area contributed by atoms with Gasteiger partial charge in [-0.3, -0.25) is 38.1 Å². The van der Waals surface area contributed by atoms with Crippen LogP contribution in [0.1, 0.15) is 150 Å². The number of carbonyl (C=O) groups is 1. The van der Waals surface area contributed by atoms with Crippen LogP contribution in [0.2, 0.25) is 0 Å². The Balaban J connectivity index is 1.22. The summed E-state index contributed by atoms with van der Waals surface area (Å²) in [6, 6.07) is 0. The zero-order valence-corrected chi connectivity index (χ0v) is 42.4. The van der Waals surface area contributed by atoms with Crippen LogP contribution in [-0.2, 0) is 37.4 Å². The molecule has 2 aliphatic rings. The second kappa shape index (κ2) is 25.9. The Morgan fingerprint density at radius 2 is 1.30 bits per heavy atom. The lowest BCUT2D eigenvalue weighted by atomic mass is 9.93. The molecule has 6 N–H and O–H groups in total. The maximum atomic E-state index is 16.9. The number of nitrogens with two attached hydrogens (primary N) is 2. The van der Waals surface area contributed by atoms with Crippen LogP contribution in [0.5, 0.6) is 0 Å². The summed E-state index contributed by atoms with van der Waals surface area (Å²) in [7, 11) is -3.67. The molecular formula is C46H74FN11O11P-. The first-order chi connectivity index (χ1) is 33.5. The van der Waals surface area contributed by atoms with E-state index < -0.39 is 74.0 Å². The molecule has 2 saturated heterocycles. The maximum Gasteiger partial charge on any atom is 0.280 e. The fourth-order valence-corrected chi connectivity index (χ4v) is 10.5. The number of H-pyrrole nitrogens is 2. The van der Waals surface area contributed by atoms with E-state index in [-0.39, 0.29) is 72.4 Å². The first-order valence-corrected chi connectivity index (χ1v) is 26.5. The second-order valence-corrected chi connectivity index (χ2v) is 20.4. The summed E-state index contributed by atoms with van der Waals surface area (Å²) in [6.45, 7) is 8.94. The average molecular weight is 1010 g/mol. The van der Waals surface area contributed by atoms with Gasteiger partial charge in [0.25, 0.3) is 18.9 Å². The Hall–Kier alpha value is -4.35. The molecule has 9 atom stereocenters. The lowest BCUT2D eigenvalue weighted by Gasteiger charge is -2.33. The molecule has 2 fully saturated rings. The van der Waals surface area contributed by atoms with Crippen molar-refractivity contribution >= 4 is 48.0 Å². The third-order valence-electron chi connectivity index (χ3n) is 12.9. The monoisotopic (exact) mass is 1010 g/mol. The van der Waals surface area contributed by atoms with Gasteiger partial charge >= 0.3 is 0 Å². The van der Waals surface area contributed by atoms with Gasteiger partial charge in [0, 0.05) is 32.5 Å². The fraction of sp³-hybridized carbons (Fsp3) is 0.761. The first kappa shape index (κ1) is 55.0. The molecule has 1 unspecified atom stereocenters. The Kier molecular flexibility index (Phi) is 20.3. The van der Waals surface area contributed by atoms with Gasteiger partial charge < -0.3 is 49.3 Å². The van der Waals surface area contributed by atoms with E-state index in [1.807, 2.05) is 13.8 Å². The Morgan fingerprint density at radius 3 is 1.80 bits per heavy atom. The van der Waals surface area contributed by atoms with E-state index in [9.17, 15) is 23.8 Å². The van der Waals surface area contributed by atoms with E-state index >= 15 is 4.39 Å². The lowest BCUT2D eigenvalue weighted by molar-refractivity contribution is -0.235. The zero-order valence-electron chi connectivity index (χ0n) is 41.5. The van der Waals surface area contributed by atoms with E-state index in [0.29, 0.717) is 6.42 Å². The van der Waals surface area contributed by atoms with Crippen molar-refractivity contribution in [1.29, 1.82) is 0 Å². The molecule has 1 amide bonds. The largest absolute Gasteiger partial charge is 0.756 e. The molecule has 4 aromatic rings. The molecule has 0 radical (unpaired) electrons.